The molecule has 4 N–H and O–H groups in total. The van der Waals surface area contributed by atoms with Crippen molar-refractivity contribution in [1.29, 1.82) is 0 Å². The molecule has 2 rings (SSSR count). The number of anilines is 2. The van der Waals surface area contributed by atoms with Gasteiger partial charge in [-0.15, -0.1) is 0 Å². The van der Waals surface area contributed by atoms with Crippen molar-refractivity contribution in [2.24, 2.45) is 0 Å². The molecule has 0 aromatic heterocycles. The van der Waals surface area contributed by atoms with Crippen LogP contribution in [0.1, 0.15) is 44.9 Å². The van der Waals surface area contributed by atoms with Gasteiger partial charge in [-0.25, -0.2) is 4.79 Å². The lowest BCUT2D eigenvalue weighted by molar-refractivity contribution is -0.119. The Morgan fingerprint density at radius 1 is 1.04 bits per heavy atom. The number of methoxy groups -OCH3 is 1. The molecule has 0 atom stereocenters. The minimum absolute atomic E-state index is 0.0299. The van der Waals surface area contributed by atoms with E-state index in [1.54, 1.807) is 24.3 Å². The first-order valence-corrected chi connectivity index (χ1v) is 9.80. The minimum atomic E-state index is -0.261. The molecule has 0 saturated heterocycles. The second-order valence-electron chi connectivity index (χ2n) is 6.95. The Kier molecular flexibility index (Phi) is 9.27. The number of hydrogen-bond acceptors (Lipinski definition) is 4. The smallest absolute Gasteiger partial charge is 0.315 e. The van der Waals surface area contributed by atoms with Crippen molar-refractivity contribution in [1.82, 2.24) is 10.6 Å². The second-order valence-corrected chi connectivity index (χ2v) is 6.95. The highest BCUT2D eigenvalue weighted by atomic mass is 16.5. The summed E-state index contributed by atoms with van der Waals surface area (Å²) in [5.74, 6) is -0.404. The molecule has 1 aliphatic carbocycles. The molecule has 1 aromatic carbocycles. The van der Waals surface area contributed by atoms with E-state index in [1.807, 2.05) is 0 Å². The van der Waals surface area contributed by atoms with E-state index in [9.17, 15) is 14.4 Å². The van der Waals surface area contributed by atoms with Gasteiger partial charge >= 0.3 is 6.03 Å². The summed E-state index contributed by atoms with van der Waals surface area (Å²) in [6, 6.07) is 7.02. The van der Waals surface area contributed by atoms with Crippen LogP contribution in [0.15, 0.2) is 24.3 Å². The molecule has 1 aromatic rings. The van der Waals surface area contributed by atoms with Gasteiger partial charge in [0.1, 0.15) is 6.61 Å². The topological polar surface area (TPSA) is 109 Å². The van der Waals surface area contributed by atoms with Crippen LogP contribution in [0.5, 0.6) is 0 Å². The first-order valence-electron chi connectivity index (χ1n) is 9.80. The Morgan fingerprint density at radius 3 is 2.39 bits per heavy atom. The highest BCUT2D eigenvalue weighted by Crippen LogP contribution is 2.17. The average Bonchev–Trinajstić information content (AvgIpc) is 2.66. The van der Waals surface area contributed by atoms with E-state index in [0.29, 0.717) is 30.8 Å². The number of amides is 4. The molecule has 0 spiro atoms. The predicted molar refractivity (Wildman–Crippen MR) is 108 cm³/mol. The van der Waals surface area contributed by atoms with Crippen LogP contribution in [0.4, 0.5) is 16.2 Å². The van der Waals surface area contributed by atoms with Crippen LogP contribution in [-0.2, 0) is 14.3 Å². The molecule has 0 heterocycles. The van der Waals surface area contributed by atoms with Gasteiger partial charge in [-0.05, 0) is 37.5 Å². The third-order valence-electron chi connectivity index (χ3n) is 4.51. The molecule has 1 fully saturated rings. The molecule has 0 bridgehead atoms. The number of benzene rings is 1. The van der Waals surface area contributed by atoms with E-state index in [4.69, 9.17) is 4.74 Å². The SMILES string of the molecule is COCC(=O)Nc1cccc(NC(=O)CCCNC(=O)NC2CCCCC2)c1. The van der Waals surface area contributed by atoms with E-state index >= 15 is 0 Å². The Bertz CT molecular complexity index is 659. The maximum Gasteiger partial charge on any atom is 0.315 e. The average molecular weight is 390 g/mol. The van der Waals surface area contributed by atoms with Gasteiger partial charge in [-0.1, -0.05) is 25.3 Å². The zero-order chi connectivity index (χ0) is 20.2. The van der Waals surface area contributed by atoms with Gasteiger partial charge in [-0.2, -0.15) is 0 Å². The molecule has 0 aliphatic heterocycles. The van der Waals surface area contributed by atoms with Crippen LogP contribution < -0.4 is 21.3 Å². The summed E-state index contributed by atoms with van der Waals surface area (Å²) in [6.45, 7) is 0.414. The number of nitrogens with one attached hydrogen (secondary N) is 4. The lowest BCUT2D eigenvalue weighted by Crippen LogP contribution is -2.43. The van der Waals surface area contributed by atoms with Crippen molar-refractivity contribution in [2.45, 2.75) is 51.0 Å². The van der Waals surface area contributed by atoms with E-state index in [1.165, 1.54) is 26.4 Å². The Labute approximate surface area is 165 Å². The van der Waals surface area contributed by atoms with Crippen molar-refractivity contribution in [2.75, 3.05) is 30.9 Å². The normalized spacial score (nSPS) is 14.2. The van der Waals surface area contributed by atoms with Crippen molar-refractivity contribution in [3.05, 3.63) is 24.3 Å². The molecule has 1 saturated carbocycles. The number of rotatable bonds is 9. The fraction of sp³-hybridized carbons (Fsp3) is 0.550. The molecule has 4 amide bonds. The summed E-state index contributed by atoms with van der Waals surface area (Å²) in [4.78, 5) is 35.5. The molecule has 0 unspecified atom stereocenters. The Balaban J connectivity index is 1.64. The minimum Gasteiger partial charge on any atom is -0.375 e. The van der Waals surface area contributed by atoms with Gasteiger partial charge in [0.05, 0.1) is 0 Å². The molecule has 154 valence electrons. The van der Waals surface area contributed by atoms with Gasteiger partial charge in [-0.3, -0.25) is 9.59 Å². The first-order chi connectivity index (χ1) is 13.6. The molecule has 28 heavy (non-hydrogen) atoms. The number of carbonyl (C=O) groups is 3. The summed E-state index contributed by atoms with van der Waals surface area (Å²) in [5, 5.41) is 11.3. The first kappa shape index (κ1) is 21.7. The molecule has 8 nitrogen and oxygen atoms in total. The highest BCUT2D eigenvalue weighted by molar-refractivity contribution is 5.94. The summed E-state index contributed by atoms with van der Waals surface area (Å²) in [6.07, 6.45) is 6.52. The Morgan fingerprint density at radius 2 is 1.71 bits per heavy atom. The van der Waals surface area contributed by atoms with Gasteiger partial charge in [0.25, 0.3) is 0 Å². The van der Waals surface area contributed by atoms with E-state index in [-0.39, 0.29) is 30.5 Å². The van der Waals surface area contributed by atoms with Gasteiger partial charge in [0.15, 0.2) is 0 Å². The van der Waals surface area contributed by atoms with Crippen LogP contribution in [0.2, 0.25) is 0 Å². The van der Waals surface area contributed by atoms with Crippen molar-refractivity contribution in [3.8, 4) is 0 Å². The van der Waals surface area contributed by atoms with Crippen molar-refractivity contribution >= 4 is 29.2 Å². The zero-order valence-corrected chi connectivity index (χ0v) is 16.4. The highest BCUT2D eigenvalue weighted by Gasteiger charge is 2.15. The maximum atomic E-state index is 12.1. The van der Waals surface area contributed by atoms with E-state index < -0.39 is 0 Å². The summed E-state index contributed by atoms with van der Waals surface area (Å²) >= 11 is 0. The van der Waals surface area contributed by atoms with Crippen molar-refractivity contribution < 1.29 is 19.1 Å². The van der Waals surface area contributed by atoms with Crippen LogP contribution in [0, 0.1) is 0 Å². The zero-order valence-electron chi connectivity index (χ0n) is 16.4. The van der Waals surface area contributed by atoms with Crippen LogP contribution in [0.25, 0.3) is 0 Å². The van der Waals surface area contributed by atoms with Crippen LogP contribution in [-0.4, -0.2) is 44.1 Å². The molecule has 0 radical (unpaired) electrons. The molecule has 8 heteroatoms. The van der Waals surface area contributed by atoms with Crippen LogP contribution >= 0.6 is 0 Å². The fourth-order valence-electron chi connectivity index (χ4n) is 3.16. The number of carbonyl (C=O) groups excluding carboxylic acids is 3. The number of hydrogen-bond donors (Lipinski definition) is 4. The number of urea groups is 1. The molecule has 1 aliphatic rings. The summed E-state index contributed by atoms with van der Waals surface area (Å²) in [5.41, 5.74) is 1.18. The van der Waals surface area contributed by atoms with Crippen LogP contribution in [0.3, 0.4) is 0 Å². The monoisotopic (exact) mass is 390 g/mol. The second kappa shape index (κ2) is 12.0. The summed E-state index contributed by atoms with van der Waals surface area (Å²) in [7, 11) is 1.45. The van der Waals surface area contributed by atoms with Gasteiger partial charge in [0.2, 0.25) is 11.8 Å². The third kappa shape index (κ3) is 8.39. The standard InChI is InChI=1S/C20H30N4O4/c1-28-14-19(26)23-17-10-5-9-16(13-17)22-18(25)11-6-12-21-20(27)24-15-7-3-2-4-8-15/h5,9-10,13,15H,2-4,6-8,11-12,14H2,1H3,(H,22,25)(H,23,26)(H2,21,24,27). The fourth-order valence-corrected chi connectivity index (χ4v) is 3.16. The quantitative estimate of drug-likeness (QED) is 0.486. The lowest BCUT2D eigenvalue weighted by Gasteiger charge is -2.22. The largest absolute Gasteiger partial charge is 0.375 e. The summed E-state index contributed by atoms with van der Waals surface area (Å²) < 4.78 is 4.77. The van der Waals surface area contributed by atoms with Crippen molar-refractivity contribution in [3.63, 3.8) is 0 Å². The lowest BCUT2D eigenvalue weighted by atomic mass is 9.96. The maximum absolute atomic E-state index is 12.1. The predicted octanol–water partition coefficient (Wildman–Crippen LogP) is 2.62. The van der Waals surface area contributed by atoms with Gasteiger partial charge < -0.3 is 26.0 Å². The van der Waals surface area contributed by atoms with E-state index in [0.717, 1.165) is 12.8 Å². The third-order valence-corrected chi connectivity index (χ3v) is 4.51. The van der Waals surface area contributed by atoms with E-state index in [2.05, 4.69) is 21.3 Å². The molecular weight excluding hydrogens is 360 g/mol. The Hall–Kier alpha value is -2.61. The van der Waals surface area contributed by atoms with Gasteiger partial charge in [0, 0.05) is 37.5 Å². The number of ether oxygens (including phenoxy) is 1. The molecular formula is C20H30N4O4.